The van der Waals surface area contributed by atoms with Crippen LogP contribution in [0.2, 0.25) is 5.02 Å². The van der Waals surface area contributed by atoms with Crippen LogP contribution in [0.5, 0.6) is 0 Å². The lowest BCUT2D eigenvalue weighted by atomic mass is 10.2. The van der Waals surface area contributed by atoms with Crippen molar-refractivity contribution in [1.82, 2.24) is 10.3 Å². The van der Waals surface area contributed by atoms with Gasteiger partial charge in [0.15, 0.2) is 0 Å². The molecule has 3 aromatic rings. The number of fused-ring (bicyclic) bond motifs is 1. The van der Waals surface area contributed by atoms with Gasteiger partial charge in [-0.15, -0.1) is 0 Å². The van der Waals surface area contributed by atoms with Crippen LogP contribution < -0.4 is 10.6 Å². The monoisotopic (exact) mass is 299 g/mol. The number of aromatic amines is 1. The fraction of sp³-hybridized carbons (Fsp3) is 0.0625. The highest BCUT2D eigenvalue weighted by Crippen LogP contribution is 2.22. The molecule has 106 valence electrons. The van der Waals surface area contributed by atoms with Crippen molar-refractivity contribution in [1.29, 1.82) is 0 Å². The highest BCUT2D eigenvalue weighted by atomic mass is 35.5. The largest absolute Gasteiger partial charge is 0.359 e. The Kier molecular flexibility index (Phi) is 3.79. The Labute approximate surface area is 127 Å². The molecule has 3 rings (SSSR count). The number of halogens is 1. The van der Waals surface area contributed by atoms with Gasteiger partial charge >= 0.3 is 6.03 Å². The van der Waals surface area contributed by atoms with E-state index in [4.69, 9.17) is 11.6 Å². The maximum absolute atomic E-state index is 11.9. The van der Waals surface area contributed by atoms with Crippen molar-refractivity contribution in [2.24, 2.45) is 0 Å². The predicted octanol–water partition coefficient (Wildman–Crippen LogP) is 4.14. The molecule has 4 nitrogen and oxygen atoms in total. The maximum Gasteiger partial charge on any atom is 0.319 e. The number of rotatable bonds is 3. The summed E-state index contributed by atoms with van der Waals surface area (Å²) >= 11 is 5.82. The molecule has 0 radical (unpaired) electrons. The molecule has 21 heavy (non-hydrogen) atoms. The van der Waals surface area contributed by atoms with Crippen LogP contribution in [-0.4, -0.2) is 11.0 Å². The number of anilines is 1. The Morgan fingerprint density at radius 3 is 2.67 bits per heavy atom. The van der Waals surface area contributed by atoms with E-state index < -0.39 is 0 Å². The molecule has 0 aliphatic rings. The molecule has 0 aliphatic carbocycles. The smallest absolute Gasteiger partial charge is 0.319 e. The molecule has 0 fully saturated rings. The number of aromatic nitrogens is 1. The Balaban J connectivity index is 1.62. The van der Waals surface area contributed by atoms with Crippen LogP contribution in [0.3, 0.4) is 0 Å². The Morgan fingerprint density at radius 2 is 1.86 bits per heavy atom. The minimum Gasteiger partial charge on any atom is -0.359 e. The fourth-order valence-electron chi connectivity index (χ4n) is 2.13. The van der Waals surface area contributed by atoms with Gasteiger partial charge in [-0.1, -0.05) is 41.9 Å². The number of amides is 2. The predicted molar refractivity (Wildman–Crippen MR) is 85.6 cm³/mol. The summed E-state index contributed by atoms with van der Waals surface area (Å²) in [6.45, 7) is 0.450. The van der Waals surface area contributed by atoms with Crippen LogP contribution in [0.25, 0.3) is 10.9 Å². The normalized spacial score (nSPS) is 10.5. The summed E-state index contributed by atoms with van der Waals surface area (Å²) in [5.41, 5.74) is 2.75. The summed E-state index contributed by atoms with van der Waals surface area (Å²) in [5, 5.41) is 7.32. The molecule has 5 heteroatoms. The maximum atomic E-state index is 11.9. The summed E-state index contributed by atoms with van der Waals surface area (Å²) in [6, 6.07) is 14.9. The summed E-state index contributed by atoms with van der Waals surface area (Å²) in [5.74, 6) is 0. The van der Waals surface area contributed by atoms with Gasteiger partial charge in [-0.05, 0) is 23.8 Å². The zero-order valence-electron chi connectivity index (χ0n) is 11.2. The van der Waals surface area contributed by atoms with Crippen molar-refractivity contribution in [3.05, 3.63) is 65.3 Å². The van der Waals surface area contributed by atoms with Crippen LogP contribution >= 0.6 is 11.6 Å². The van der Waals surface area contributed by atoms with Gasteiger partial charge in [-0.2, -0.15) is 0 Å². The molecular weight excluding hydrogens is 286 g/mol. The van der Waals surface area contributed by atoms with E-state index in [1.54, 1.807) is 18.3 Å². The Hall–Kier alpha value is -2.46. The molecule has 2 aromatic carbocycles. The third-order valence-corrected chi connectivity index (χ3v) is 3.46. The number of hydrogen-bond donors (Lipinski definition) is 3. The van der Waals surface area contributed by atoms with E-state index in [1.165, 1.54) is 0 Å². The summed E-state index contributed by atoms with van der Waals surface area (Å²) in [7, 11) is 0. The summed E-state index contributed by atoms with van der Waals surface area (Å²) in [6.07, 6.45) is 1.78. The molecule has 0 atom stereocenters. The standard InChI is InChI=1S/C16H14ClN3O/c17-12-7-5-11(6-8-12)9-19-16(21)20-15-10-18-14-4-2-1-3-13(14)15/h1-8,10,18H,9H2,(H2,19,20,21). The van der Waals surface area contributed by atoms with Gasteiger partial charge in [-0.25, -0.2) is 4.79 Å². The van der Waals surface area contributed by atoms with Crippen molar-refractivity contribution in [2.45, 2.75) is 6.54 Å². The fourth-order valence-corrected chi connectivity index (χ4v) is 2.25. The SMILES string of the molecule is O=C(NCc1ccc(Cl)cc1)Nc1c[nH]c2ccccc12. The van der Waals surface area contributed by atoms with Crippen molar-refractivity contribution in [3.63, 3.8) is 0 Å². The van der Waals surface area contributed by atoms with Crippen LogP contribution in [0, 0.1) is 0 Å². The van der Waals surface area contributed by atoms with E-state index in [0.29, 0.717) is 11.6 Å². The lowest BCUT2D eigenvalue weighted by Gasteiger charge is -2.07. The van der Waals surface area contributed by atoms with E-state index >= 15 is 0 Å². The second kappa shape index (κ2) is 5.89. The van der Waals surface area contributed by atoms with Gasteiger partial charge in [-0.3, -0.25) is 0 Å². The molecule has 0 saturated carbocycles. The molecule has 1 heterocycles. The van der Waals surface area contributed by atoms with Gasteiger partial charge in [0.1, 0.15) is 0 Å². The van der Waals surface area contributed by atoms with Gasteiger partial charge in [0.05, 0.1) is 5.69 Å². The number of para-hydroxylation sites is 1. The van der Waals surface area contributed by atoms with E-state index in [2.05, 4.69) is 15.6 Å². The van der Waals surface area contributed by atoms with Gasteiger partial charge < -0.3 is 15.6 Å². The first-order chi connectivity index (χ1) is 10.2. The van der Waals surface area contributed by atoms with Crippen molar-refractivity contribution in [3.8, 4) is 0 Å². The summed E-state index contributed by atoms with van der Waals surface area (Å²) < 4.78 is 0. The number of nitrogens with one attached hydrogen (secondary N) is 3. The zero-order chi connectivity index (χ0) is 14.7. The Morgan fingerprint density at radius 1 is 1.10 bits per heavy atom. The zero-order valence-corrected chi connectivity index (χ0v) is 11.9. The lowest BCUT2D eigenvalue weighted by Crippen LogP contribution is -2.28. The number of benzene rings is 2. The van der Waals surface area contributed by atoms with Crippen molar-refractivity contribution in [2.75, 3.05) is 5.32 Å². The Bertz CT molecular complexity index is 765. The first kappa shape index (κ1) is 13.5. The van der Waals surface area contributed by atoms with Crippen LogP contribution in [0.15, 0.2) is 54.7 Å². The lowest BCUT2D eigenvalue weighted by molar-refractivity contribution is 0.252. The first-order valence-corrected chi connectivity index (χ1v) is 6.95. The van der Waals surface area contributed by atoms with Crippen molar-refractivity contribution >= 4 is 34.2 Å². The van der Waals surface area contributed by atoms with Crippen LogP contribution in [0.1, 0.15) is 5.56 Å². The molecule has 1 aromatic heterocycles. The molecular formula is C16H14ClN3O. The first-order valence-electron chi connectivity index (χ1n) is 6.58. The van der Waals surface area contributed by atoms with E-state index in [-0.39, 0.29) is 6.03 Å². The minimum atomic E-state index is -0.241. The number of hydrogen-bond acceptors (Lipinski definition) is 1. The number of carbonyl (C=O) groups excluding carboxylic acids is 1. The molecule has 2 amide bonds. The molecule has 0 bridgehead atoms. The highest BCUT2D eigenvalue weighted by Gasteiger charge is 2.06. The quantitative estimate of drug-likeness (QED) is 0.669. The average molecular weight is 300 g/mol. The van der Waals surface area contributed by atoms with Crippen LogP contribution in [0.4, 0.5) is 10.5 Å². The third kappa shape index (κ3) is 3.17. The minimum absolute atomic E-state index is 0.241. The number of H-pyrrole nitrogens is 1. The topological polar surface area (TPSA) is 56.9 Å². The van der Waals surface area contributed by atoms with Crippen molar-refractivity contribution < 1.29 is 4.79 Å². The number of urea groups is 1. The third-order valence-electron chi connectivity index (χ3n) is 3.20. The highest BCUT2D eigenvalue weighted by molar-refractivity contribution is 6.30. The van der Waals surface area contributed by atoms with Gasteiger partial charge in [0.25, 0.3) is 0 Å². The molecule has 0 spiro atoms. The van der Waals surface area contributed by atoms with E-state index in [0.717, 1.165) is 22.2 Å². The second-order valence-corrected chi connectivity index (χ2v) is 5.12. The van der Waals surface area contributed by atoms with Gasteiger partial charge in [0.2, 0.25) is 0 Å². The number of carbonyl (C=O) groups is 1. The molecule has 0 unspecified atom stereocenters. The average Bonchev–Trinajstić information content (AvgIpc) is 2.90. The second-order valence-electron chi connectivity index (χ2n) is 4.68. The van der Waals surface area contributed by atoms with Crippen LogP contribution in [-0.2, 0) is 6.54 Å². The molecule has 0 saturated heterocycles. The van der Waals surface area contributed by atoms with E-state index in [1.807, 2.05) is 36.4 Å². The van der Waals surface area contributed by atoms with Gasteiger partial charge in [0, 0.05) is 28.7 Å². The summed E-state index contributed by atoms with van der Waals surface area (Å²) in [4.78, 5) is 15.0. The molecule has 0 aliphatic heterocycles. The molecule has 3 N–H and O–H groups in total. The van der Waals surface area contributed by atoms with E-state index in [9.17, 15) is 4.79 Å².